The standard InChI is InChI=1S/C12H22N2O2S/c1-17(15,16)14-8-4-5-11(10-14)9-13-12-6-2-3-7-12/h2-3,11-13H,4-10H2,1H3. The molecular weight excluding hydrogens is 236 g/mol. The van der Waals surface area contributed by atoms with Crippen LogP contribution in [0.4, 0.5) is 0 Å². The van der Waals surface area contributed by atoms with E-state index in [1.807, 2.05) is 0 Å². The Morgan fingerprint density at radius 3 is 2.71 bits per heavy atom. The summed E-state index contributed by atoms with van der Waals surface area (Å²) in [6, 6.07) is 0.573. The van der Waals surface area contributed by atoms with Crippen LogP contribution in [0.3, 0.4) is 0 Å². The highest BCUT2D eigenvalue weighted by atomic mass is 32.2. The largest absolute Gasteiger partial charge is 0.313 e. The molecule has 0 aromatic heterocycles. The van der Waals surface area contributed by atoms with E-state index in [0.29, 0.717) is 25.0 Å². The van der Waals surface area contributed by atoms with E-state index in [-0.39, 0.29) is 0 Å². The number of nitrogens with zero attached hydrogens (tertiary/aromatic N) is 1. The van der Waals surface area contributed by atoms with Crippen molar-refractivity contribution in [2.45, 2.75) is 31.7 Å². The number of hydrogen-bond donors (Lipinski definition) is 1. The molecule has 2 aliphatic rings. The minimum absolute atomic E-state index is 0.471. The maximum atomic E-state index is 11.5. The summed E-state index contributed by atoms with van der Waals surface area (Å²) < 4.78 is 24.6. The van der Waals surface area contributed by atoms with Crippen LogP contribution in [0, 0.1) is 5.92 Å². The Balaban J connectivity index is 1.77. The van der Waals surface area contributed by atoms with Crippen molar-refractivity contribution in [1.29, 1.82) is 0 Å². The third-order valence-electron chi connectivity index (χ3n) is 3.65. The van der Waals surface area contributed by atoms with Gasteiger partial charge in [0.25, 0.3) is 0 Å². The van der Waals surface area contributed by atoms with Gasteiger partial charge in [0.2, 0.25) is 10.0 Å². The minimum atomic E-state index is -3.00. The molecule has 1 saturated heterocycles. The van der Waals surface area contributed by atoms with Gasteiger partial charge in [0.05, 0.1) is 6.26 Å². The quantitative estimate of drug-likeness (QED) is 0.764. The first-order chi connectivity index (χ1) is 8.05. The molecule has 2 rings (SSSR count). The van der Waals surface area contributed by atoms with E-state index >= 15 is 0 Å². The SMILES string of the molecule is CS(=O)(=O)N1CCCC(CNC2CC=CC2)C1. The van der Waals surface area contributed by atoms with Gasteiger partial charge in [0.15, 0.2) is 0 Å². The van der Waals surface area contributed by atoms with E-state index in [1.54, 1.807) is 4.31 Å². The summed E-state index contributed by atoms with van der Waals surface area (Å²) in [5.41, 5.74) is 0. The van der Waals surface area contributed by atoms with Crippen molar-refractivity contribution in [3.63, 3.8) is 0 Å². The molecule has 1 aliphatic carbocycles. The van der Waals surface area contributed by atoms with Crippen molar-refractivity contribution >= 4 is 10.0 Å². The van der Waals surface area contributed by atoms with Crippen molar-refractivity contribution < 1.29 is 8.42 Å². The molecule has 0 amide bonds. The average Bonchev–Trinajstić information content (AvgIpc) is 2.78. The molecule has 1 aliphatic heterocycles. The Bertz CT molecular complexity index is 370. The van der Waals surface area contributed by atoms with Crippen LogP contribution in [0.25, 0.3) is 0 Å². The van der Waals surface area contributed by atoms with Gasteiger partial charge in [0.1, 0.15) is 0 Å². The molecule has 1 unspecified atom stereocenters. The summed E-state index contributed by atoms with van der Waals surface area (Å²) in [4.78, 5) is 0. The molecule has 17 heavy (non-hydrogen) atoms. The Morgan fingerprint density at radius 1 is 1.35 bits per heavy atom. The van der Waals surface area contributed by atoms with Crippen molar-refractivity contribution in [2.75, 3.05) is 25.9 Å². The van der Waals surface area contributed by atoms with Gasteiger partial charge in [-0.3, -0.25) is 0 Å². The van der Waals surface area contributed by atoms with Crippen LogP contribution in [0.15, 0.2) is 12.2 Å². The van der Waals surface area contributed by atoms with Gasteiger partial charge in [0, 0.05) is 19.1 Å². The summed E-state index contributed by atoms with van der Waals surface area (Å²) in [5.74, 6) is 0.471. The van der Waals surface area contributed by atoms with Crippen molar-refractivity contribution in [3.05, 3.63) is 12.2 Å². The molecule has 0 spiro atoms. The molecule has 0 saturated carbocycles. The fraction of sp³-hybridized carbons (Fsp3) is 0.833. The first kappa shape index (κ1) is 13.1. The molecule has 5 heteroatoms. The molecule has 1 heterocycles. The number of rotatable bonds is 4. The highest BCUT2D eigenvalue weighted by Gasteiger charge is 2.26. The average molecular weight is 258 g/mol. The van der Waals surface area contributed by atoms with Gasteiger partial charge in [-0.25, -0.2) is 12.7 Å². The summed E-state index contributed by atoms with van der Waals surface area (Å²) in [7, 11) is -3.00. The molecule has 0 radical (unpaired) electrons. The molecule has 0 aromatic carbocycles. The van der Waals surface area contributed by atoms with Crippen LogP contribution in [-0.2, 0) is 10.0 Å². The molecule has 4 nitrogen and oxygen atoms in total. The van der Waals surface area contributed by atoms with Gasteiger partial charge in [-0.05, 0) is 38.1 Å². The van der Waals surface area contributed by atoms with Gasteiger partial charge < -0.3 is 5.32 Å². The van der Waals surface area contributed by atoms with Crippen LogP contribution >= 0.6 is 0 Å². The lowest BCUT2D eigenvalue weighted by atomic mass is 9.99. The van der Waals surface area contributed by atoms with Gasteiger partial charge in [-0.15, -0.1) is 0 Å². The smallest absolute Gasteiger partial charge is 0.211 e. The normalized spacial score (nSPS) is 27.7. The zero-order chi connectivity index (χ0) is 12.3. The number of nitrogens with one attached hydrogen (secondary N) is 1. The third kappa shape index (κ3) is 3.79. The maximum absolute atomic E-state index is 11.5. The molecule has 1 N–H and O–H groups in total. The Hall–Kier alpha value is -0.390. The Kier molecular flexibility index (Phi) is 4.22. The predicted molar refractivity (Wildman–Crippen MR) is 69.3 cm³/mol. The maximum Gasteiger partial charge on any atom is 0.211 e. The van der Waals surface area contributed by atoms with Crippen molar-refractivity contribution in [1.82, 2.24) is 9.62 Å². The lowest BCUT2D eigenvalue weighted by Crippen LogP contribution is -2.43. The van der Waals surface area contributed by atoms with E-state index in [9.17, 15) is 8.42 Å². The second-order valence-corrected chi connectivity index (χ2v) is 7.16. The van der Waals surface area contributed by atoms with Gasteiger partial charge in [-0.1, -0.05) is 12.2 Å². The second kappa shape index (κ2) is 5.50. The van der Waals surface area contributed by atoms with E-state index in [2.05, 4.69) is 17.5 Å². The summed E-state index contributed by atoms with van der Waals surface area (Å²) in [6.45, 7) is 2.32. The van der Waals surface area contributed by atoms with E-state index in [4.69, 9.17) is 0 Å². The van der Waals surface area contributed by atoms with Crippen molar-refractivity contribution in [2.24, 2.45) is 5.92 Å². The summed E-state index contributed by atoms with van der Waals surface area (Å²) in [5, 5.41) is 3.54. The minimum Gasteiger partial charge on any atom is -0.313 e. The monoisotopic (exact) mass is 258 g/mol. The van der Waals surface area contributed by atoms with E-state index in [1.165, 1.54) is 6.26 Å². The lowest BCUT2D eigenvalue weighted by molar-refractivity contribution is 0.256. The van der Waals surface area contributed by atoms with Gasteiger partial charge >= 0.3 is 0 Å². The van der Waals surface area contributed by atoms with Crippen LogP contribution in [0.5, 0.6) is 0 Å². The Morgan fingerprint density at radius 2 is 2.06 bits per heavy atom. The molecular formula is C12H22N2O2S. The van der Waals surface area contributed by atoms with Crippen molar-refractivity contribution in [3.8, 4) is 0 Å². The molecule has 1 fully saturated rings. The van der Waals surface area contributed by atoms with E-state index in [0.717, 1.165) is 32.2 Å². The number of piperidine rings is 1. The van der Waals surface area contributed by atoms with Crippen LogP contribution in [-0.4, -0.2) is 44.7 Å². The highest BCUT2D eigenvalue weighted by Crippen LogP contribution is 2.19. The van der Waals surface area contributed by atoms with E-state index < -0.39 is 10.0 Å². The second-order valence-electron chi connectivity index (χ2n) is 5.18. The number of hydrogen-bond acceptors (Lipinski definition) is 3. The van der Waals surface area contributed by atoms with Crippen LogP contribution < -0.4 is 5.32 Å². The molecule has 0 aromatic rings. The summed E-state index contributed by atoms with van der Waals surface area (Å²) in [6.07, 6.45) is 10.1. The zero-order valence-corrected chi connectivity index (χ0v) is 11.2. The molecule has 0 bridgehead atoms. The first-order valence-corrected chi connectivity index (χ1v) is 8.24. The number of sulfonamides is 1. The predicted octanol–water partition coefficient (Wildman–Crippen LogP) is 0.966. The van der Waals surface area contributed by atoms with Crippen LogP contribution in [0.2, 0.25) is 0 Å². The lowest BCUT2D eigenvalue weighted by Gasteiger charge is -2.31. The first-order valence-electron chi connectivity index (χ1n) is 6.39. The summed E-state index contributed by atoms with van der Waals surface area (Å²) >= 11 is 0. The highest BCUT2D eigenvalue weighted by molar-refractivity contribution is 7.88. The molecule has 1 atom stereocenters. The third-order valence-corrected chi connectivity index (χ3v) is 4.92. The molecule has 98 valence electrons. The van der Waals surface area contributed by atoms with Crippen LogP contribution in [0.1, 0.15) is 25.7 Å². The fourth-order valence-corrected chi connectivity index (χ4v) is 3.55. The topological polar surface area (TPSA) is 49.4 Å². The van der Waals surface area contributed by atoms with Gasteiger partial charge in [-0.2, -0.15) is 0 Å². The fourth-order valence-electron chi connectivity index (χ4n) is 2.61. The zero-order valence-electron chi connectivity index (χ0n) is 10.4. The Labute approximate surface area is 104 Å².